The molecule has 0 bridgehead atoms. The van der Waals surface area contributed by atoms with Gasteiger partial charge in [0.1, 0.15) is 0 Å². The maximum atomic E-state index is 3.99. The van der Waals surface area contributed by atoms with Crippen molar-refractivity contribution in [3.05, 3.63) is 97.1 Å². The topological polar surface area (TPSA) is 0 Å². The zero-order chi connectivity index (χ0) is 12.1. The van der Waals surface area contributed by atoms with Crippen LogP contribution in [0.1, 0.15) is 11.1 Å². The normalized spacial score (nSPS) is 10.2. The van der Waals surface area contributed by atoms with Crippen LogP contribution in [-0.4, -0.2) is 11.0 Å². The van der Waals surface area contributed by atoms with Crippen LogP contribution in [0.5, 0.6) is 0 Å². The summed E-state index contributed by atoms with van der Waals surface area (Å²) in [5.41, 5.74) is 2.08. The first-order chi connectivity index (χ1) is 8.33. The fourth-order valence-corrected chi connectivity index (χ4v) is 2.15. The molecule has 0 nitrogen and oxygen atoms in total. The van der Waals surface area contributed by atoms with E-state index in [1.54, 1.807) is 0 Å². The second kappa shape index (κ2) is 6.17. The van der Waals surface area contributed by atoms with Crippen molar-refractivity contribution in [1.82, 2.24) is 0 Å². The summed E-state index contributed by atoms with van der Waals surface area (Å²) in [5.74, 6) is 0. The molecule has 18 heavy (non-hydrogen) atoms. The van der Waals surface area contributed by atoms with Crippen molar-refractivity contribution >= 4 is 11.0 Å². The summed E-state index contributed by atoms with van der Waals surface area (Å²) >= 11 is 0. The SMILES string of the molecule is C=CC(C=C)(c1ccccc1)c1ccccc1.[SiH4]. The minimum absolute atomic E-state index is 0. The Labute approximate surface area is 114 Å². The fraction of sp³-hybridized carbons (Fsp3) is 0.0588. The number of hydrogen-bond donors (Lipinski definition) is 0. The highest BCUT2D eigenvalue weighted by Crippen LogP contribution is 2.34. The van der Waals surface area contributed by atoms with Gasteiger partial charge in [-0.3, -0.25) is 0 Å². The minimum atomic E-state index is -0.303. The Kier molecular flexibility index (Phi) is 4.87. The molecule has 0 aliphatic carbocycles. The second-order valence-corrected chi connectivity index (χ2v) is 4.01. The Bertz CT molecular complexity index is 450. The van der Waals surface area contributed by atoms with Crippen molar-refractivity contribution < 1.29 is 0 Å². The smallest absolute Gasteiger partial charge is 0.0557 e. The predicted molar refractivity (Wildman–Crippen MR) is 85.4 cm³/mol. The summed E-state index contributed by atoms with van der Waals surface area (Å²) < 4.78 is 0. The first kappa shape index (κ1) is 14.2. The molecule has 0 aromatic heterocycles. The zero-order valence-electron chi connectivity index (χ0n) is 9.84. The summed E-state index contributed by atoms with van der Waals surface area (Å²) in [5, 5.41) is 0. The molecule has 1 heteroatoms. The van der Waals surface area contributed by atoms with E-state index in [1.807, 2.05) is 48.6 Å². The van der Waals surface area contributed by atoms with Gasteiger partial charge in [0.2, 0.25) is 0 Å². The van der Waals surface area contributed by atoms with Gasteiger partial charge in [0.25, 0.3) is 0 Å². The monoisotopic (exact) mass is 252 g/mol. The number of hydrogen-bond acceptors (Lipinski definition) is 0. The van der Waals surface area contributed by atoms with Crippen molar-refractivity contribution in [3.8, 4) is 0 Å². The molecule has 92 valence electrons. The molecule has 0 amide bonds. The highest BCUT2D eigenvalue weighted by atomic mass is 28.1. The largest absolute Gasteiger partial charge is 0.102 e. The molecule has 2 rings (SSSR count). The van der Waals surface area contributed by atoms with Gasteiger partial charge in [0.15, 0.2) is 0 Å². The molecule has 0 spiro atoms. The lowest BCUT2D eigenvalue weighted by Crippen LogP contribution is -2.21. The fourth-order valence-electron chi connectivity index (χ4n) is 2.15. The van der Waals surface area contributed by atoms with Crippen LogP contribution in [0.15, 0.2) is 86.0 Å². The second-order valence-electron chi connectivity index (χ2n) is 4.01. The molecule has 0 N–H and O–H groups in total. The van der Waals surface area contributed by atoms with Gasteiger partial charge in [-0.2, -0.15) is 0 Å². The zero-order valence-corrected chi connectivity index (χ0v) is 9.84. The van der Waals surface area contributed by atoms with Gasteiger partial charge in [-0.25, -0.2) is 0 Å². The Hall–Kier alpha value is -1.86. The maximum absolute atomic E-state index is 3.99. The summed E-state index contributed by atoms with van der Waals surface area (Å²) in [6.45, 7) is 7.97. The van der Waals surface area contributed by atoms with E-state index in [0.29, 0.717) is 0 Å². The van der Waals surface area contributed by atoms with Gasteiger partial charge in [0.05, 0.1) is 5.41 Å². The van der Waals surface area contributed by atoms with Crippen LogP contribution in [0, 0.1) is 0 Å². The van der Waals surface area contributed by atoms with Crippen LogP contribution in [0.4, 0.5) is 0 Å². The highest BCUT2D eigenvalue weighted by Gasteiger charge is 2.26. The third-order valence-electron chi connectivity index (χ3n) is 3.15. The van der Waals surface area contributed by atoms with E-state index < -0.39 is 0 Å². The van der Waals surface area contributed by atoms with Crippen molar-refractivity contribution in [2.24, 2.45) is 0 Å². The van der Waals surface area contributed by atoms with Gasteiger partial charge in [-0.15, -0.1) is 13.2 Å². The molecule has 0 fully saturated rings. The molecule has 2 aromatic rings. The van der Waals surface area contributed by atoms with Crippen LogP contribution in [0.2, 0.25) is 0 Å². The van der Waals surface area contributed by atoms with E-state index >= 15 is 0 Å². The molecule has 0 saturated carbocycles. The van der Waals surface area contributed by atoms with Crippen LogP contribution in [0.3, 0.4) is 0 Å². The van der Waals surface area contributed by atoms with Crippen molar-refractivity contribution in [2.75, 3.05) is 0 Å². The highest BCUT2D eigenvalue weighted by molar-refractivity contribution is 5.75. The lowest BCUT2D eigenvalue weighted by atomic mass is 9.75. The van der Waals surface area contributed by atoms with E-state index in [-0.39, 0.29) is 16.4 Å². The van der Waals surface area contributed by atoms with Crippen molar-refractivity contribution in [3.63, 3.8) is 0 Å². The van der Waals surface area contributed by atoms with Gasteiger partial charge in [0, 0.05) is 0 Å². The Morgan fingerprint density at radius 1 is 0.667 bits per heavy atom. The van der Waals surface area contributed by atoms with E-state index in [4.69, 9.17) is 0 Å². The number of benzene rings is 2. The molecule has 0 atom stereocenters. The van der Waals surface area contributed by atoms with Crippen LogP contribution in [-0.2, 0) is 5.41 Å². The lowest BCUT2D eigenvalue weighted by molar-refractivity contribution is 0.820. The van der Waals surface area contributed by atoms with Gasteiger partial charge >= 0.3 is 0 Å². The molecule has 0 aliphatic rings. The van der Waals surface area contributed by atoms with Crippen molar-refractivity contribution in [2.45, 2.75) is 5.41 Å². The Morgan fingerprint density at radius 2 is 1.00 bits per heavy atom. The molecule has 0 saturated heterocycles. The minimum Gasteiger partial charge on any atom is -0.102 e. The summed E-state index contributed by atoms with van der Waals surface area (Å²) in [4.78, 5) is 0. The maximum Gasteiger partial charge on any atom is 0.0557 e. The summed E-state index contributed by atoms with van der Waals surface area (Å²) in [6.07, 6.45) is 3.90. The molecular weight excluding hydrogens is 232 g/mol. The van der Waals surface area contributed by atoms with Gasteiger partial charge < -0.3 is 0 Å². The average molecular weight is 252 g/mol. The lowest BCUT2D eigenvalue weighted by Gasteiger charge is -2.28. The van der Waals surface area contributed by atoms with Gasteiger partial charge in [-0.1, -0.05) is 72.8 Å². The van der Waals surface area contributed by atoms with Crippen LogP contribution < -0.4 is 0 Å². The Morgan fingerprint density at radius 3 is 1.28 bits per heavy atom. The first-order valence-electron chi connectivity index (χ1n) is 5.72. The first-order valence-corrected chi connectivity index (χ1v) is 5.72. The molecule has 0 aliphatic heterocycles. The Balaban J connectivity index is 0.00000162. The molecule has 0 heterocycles. The third-order valence-corrected chi connectivity index (χ3v) is 3.15. The van der Waals surface area contributed by atoms with E-state index in [9.17, 15) is 0 Å². The summed E-state index contributed by atoms with van der Waals surface area (Å²) in [7, 11) is 0. The van der Waals surface area contributed by atoms with E-state index in [1.165, 1.54) is 11.1 Å². The quantitative estimate of drug-likeness (QED) is 0.580. The molecule has 0 radical (unpaired) electrons. The average Bonchev–Trinajstić information content (AvgIpc) is 2.43. The standard InChI is InChI=1S/C17H16.H4Si/c1-3-17(4-2,15-11-7-5-8-12-15)16-13-9-6-10-14-16;/h3-14H,1-2H2;1H4. The number of allylic oxidation sites excluding steroid dienone is 2. The van der Waals surface area contributed by atoms with Crippen LogP contribution >= 0.6 is 0 Å². The predicted octanol–water partition coefficient (Wildman–Crippen LogP) is 2.89. The summed E-state index contributed by atoms with van der Waals surface area (Å²) in [6, 6.07) is 20.6. The molecular formula is C17H20Si. The van der Waals surface area contributed by atoms with E-state index in [0.717, 1.165) is 0 Å². The third kappa shape index (κ3) is 2.36. The van der Waals surface area contributed by atoms with Crippen LogP contribution in [0.25, 0.3) is 0 Å². The molecule has 2 aromatic carbocycles. The van der Waals surface area contributed by atoms with E-state index in [2.05, 4.69) is 37.4 Å². The number of rotatable bonds is 4. The van der Waals surface area contributed by atoms with Crippen molar-refractivity contribution in [1.29, 1.82) is 0 Å². The van der Waals surface area contributed by atoms with Gasteiger partial charge in [-0.05, 0) is 22.1 Å². The molecule has 0 unspecified atom stereocenters.